The van der Waals surface area contributed by atoms with E-state index in [9.17, 15) is 4.79 Å². The Labute approximate surface area is 96.6 Å². The zero-order chi connectivity index (χ0) is 12.0. The van der Waals surface area contributed by atoms with E-state index in [0.29, 0.717) is 12.5 Å². The molecule has 0 heterocycles. The van der Waals surface area contributed by atoms with Crippen molar-refractivity contribution in [3.63, 3.8) is 0 Å². The van der Waals surface area contributed by atoms with Crippen LogP contribution in [0.4, 0.5) is 0 Å². The summed E-state index contributed by atoms with van der Waals surface area (Å²) in [6.45, 7) is 4.43. The van der Waals surface area contributed by atoms with Crippen LogP contribution in [-0.4, -0.2) is 24.8 Å². The highest BCUT2D eigenvalue weighted by atomic mass is 16.5. The van der Waals surface area contributed by atoms with E-state index in [0.717, 1.165) is 30.5 Å². The van der Waals surface area contributed by atoms with E-state index in [-0.39, 0.29) is 12.5 Å². The number of rotatable bonds is 3. The molecule has 0 aromatic carbocycles. The van der Waals surface area contributed by atoms with E-state index in [1.165, 1.54) is 0 Å². The van der Waals surface area contributed by atoms with Gasteiger partial charge < -0.3 is 10.5 Å². The minimum absolute atomic E-state index is 0.104. The van der Waals surface area contributed by atoms with Gasteiger partial charge in [0.25, 0.3) is 0 Å². The monoisotopic (exact) mass is 224 g/mol. The fourth-order valence-electron chi connectivity index (χ4n) is 1.96. The third-order valence-electron chi connectivity index (χ3n) is 2.80. The number of nitrogens with two attached hydrogens (primary N) is 1. The Kier molecular flexibility index (Phi) is 5.02. The van der Waals surface area contributed by atoms with Crippen molar-refractivity contribution in [2.45, 2.75) is 33.1 Å². The van der Waals surface area contributed by atoms with Gasteiger partial charge in [0, 0.05) is 5.71 Å². The van der Waals surface area contributed by atoms with Gasteiger partial charge in [0.1, 0.15) is 6.54 Å². The number of carbonyl (C=O) groups is 1. The number of hydrogen-bond donors (Lipinski definition) is 1. The summed E-state index contributed by atoms with van der Waals surface area (Å²) in [4.78, 5) is 15.5. The van der Waals surface area contributed by atoms with Crippen LogP contribution >= 0.6 is 0 Å². The first-order valence-electron chi connectivity index (χ1n) is 5.80. The van der Waals surface area contributed by atoms with Crippen molar-refractivity contribution in [3.05, 3.63) is 11.8 Å². The Balaban J connectivity index is 2.63. The van der Waals surface area contributed by atoms with Crippen LogP contribution in [0.15, 0.2) is 16.8 Å². The number of allylic oxidation sites excluding steroid dienone is 1. The minimum atomic E-state index is -0.274. The molecule has 1 aliphatic rings. The molecular weight excluding hydrogens is 204 g/mol. The van der Waals surface area contributed by atoms with Gasteiger partial charge >= 0.3 is 5.97 Å². The van der Waals surface area contributed by atoms with E-state index in [1.54, 1.807) is 13.1 Å². The van der Waals surface area contributed by atoms with Crippen LogP contribution in [0, 0.1) is 5.92 Å². The molecular formula is C12H20N2O2. The third kappa shape index (κ3) is 3.36. The summed E-state index contributed by atoms with van der Waals surface area (Å²) in [5.74, 6) is 0.171. The molecule has 0 unspecified atom stereocenters. The van der Waals surface area contributed by atoms with Crippen LogP contribution in [0.2, 0.25) is 0 Å². The summed E-state index contributed by atoms with van der Waals surface area (Å²) in [6, 6.07) is 0. The summed E-state index contributed by atoms with van der Waals surface area (Å²) >= 11 is 0. The second-order valence-corrected chi connectivity index (χ2v) is 3.98. The van der Waals surface area contributed by atoms with Crippen LogP contribution < -0.4 is 5.73 Å². The predicted molar refractivity (Wildman–Crippen MR) is 64.2 cm³/mol. The molecule has 1 atom stereocenters. The van der Waals surface area contributed by atoms with E-state index in [4.69, 9.17) is 10.5 Å². The van der Waals surface area contributed by atoms with Crippen LogP contribution in [0.3, 0.4) is 0 Å². The molecule has 0 bridgehead atoms. The first-order valence-corrected chi connectivity index (χ1v) is 5.80. The molecule has 0 aliphatic heterocycles. The summed E-state index contributed by atoms with van der Waals surface area (Å²) in [7, 11) is 0. The lowest BCUT2D eigenvalue weighted by Crippen LogP contribution is -2.20. The SMILES string of the molecule is CCOC(=O)CN=C1CCC[C@H](C)C1=CN. The molecule has 0 amide bonds. The molecule has 1 aliphatic carbocycles. The zero-order valence-corrected chi connectivity index (χ0v) is 10.0. The molecule has 2 N–H and O–H groups in total. The standard InChI is InChI=1S/C12H20N2O2/c1-3-16-12(15)8-14-11-6-4-5-9(2)10(11)7-13/h7,9H,3-6,8,13H2,1-2H3/t9-/m0/s1. The Morgan fingerprint density at radius 1 is 1.69 bits per heavy atom. The lowest BCUT2D eigenvalue weighted by molar-refractivity contribution is -0.141. The van der Waals surface area contributed by atoms with E-state index >= 15 is 0 Å². The highest BCUT2D eigenvalue weighted by Crippen LogP contribution is 2.26. The van der Waals surface area contributed by atoms with Crippen molar-refractivity contribution >= 4 is 11.7 Å². The van der Waals surface area contributed by atoms with Gasteiger partial charge in [-0.3, -0.25) is 9.79 Å². The first kappa shape index (κ1) is 12.7. The summed E-state index contributed by atoms with van der Waals surface area (Å²) in [5.41, 5.74) is 7.64. The van der Waals surface area contributed by atoms with Crippen molar-refractivity contribution in [1.29, 1.82) is 0 Å². The molecule has 4 nitrogen and oxygen atoms in total. The fraction of sp³-hybridized carbons (Fsp3) is 0.667. The molecule has 0 saturated heterocycles. The van der Waals surface area contributed by atoms with Crippen molar-refractivity contribution < 1.29 is 9.53 Å². The molecule has 0 spiro atoms. The van der Waals surface area contributed by atoms with E-state index in [1.807, 2.05) is 0 Å². The van der Waals surface area contributed by atoms with Gasteiger partial charge in [-0.05, 0) is 43.9 Å². The van der Waals surface area contributed by atoms with Gasteiger partial charge in [-0.2, -0.15) is 0 Å². The van der Waals surface area contributed by atoms with Crippen LogP contribution in [-0.2, 0) is 9.53 Å². The fourth-order valence-corrected chi connectivity index (χ4v) is 1.96. The smallest absolute Gasteiger partial charge is 0.327 e. The first-order chi connectivity index (χ1) is 7.69. The van der Waals surface area contributed by atoms with Crippen LogP contribution in [0.1, 0.15) is 33.1 Å². The number of hydrogen-bond acceptors (Lipinski definition) is 4. The lowest BCUT2D eigenvalue weighted by atomic mass is 9.84. The van der Waals surface area contributed by atoms with Crippen molar-refractivity contribution in [2.24, 2.45) is 16.6 Å². The van der Waals surface area contributed by atoms with Gasteiger partial charge in [-0.15, -0.1) is 0 Å². The zero-order valence-electron chi connectivity index (χ0n) is 10.0. The van der Waals surface area contributed by atoms with Crippen LogP contribution in [0.5, 0.6) is 0 Å². The molecule has 16 heavy (non-hydrogen) atoms. The lowest BCUT2D eigenvalue weighted by Gasteiger charge is -2.23. The number of nitrogens with zero attached hydrogens (tertiary/aromatic N) is 1. The van der Waals surface area contributed by atoms with Gasteiger partial charge in [0.2, 0.25) is 0 Å². The second-order valence-electron chi connectivity index (χ2n) is 3.98. The maximum Gasteiger partial charge on any atom is 0.327 e. The summed E-state index contributed by atoms with van der Waals surface area (Å²) < 4.78 is 4.83. The van der Waals surface area contributed by atoms with E-state index < -0.39 is 0 Å². The quantitative estimate of drug-likeness (QED) is 0.741. The van der Waals surface area contributed by atoms with Crippen molar-refractivity contribution in [2.75, 3.05) is 13.2 Å². The highest BCUT2D eigenvalue weighted by Gasteiger charge is 2.20. The van der Waals surface area contributed by atoms with Crippen LogP contribution in [0.25, 0.3) is 0 Å². The second kappa shape index (κ2) is 6.30. The molecule has 4 heteroatoms. The van der Waals surface area contributed by atoms with Crippen molar-refractivity contribution in [3.8, 4) is 0 Å². The molecule has 0 aromatic heterocycles. The number of carbonyl (C=O) groups excluding carboxylic acids is 1. The maximum atomic E-state index is 11.2. The Hall–Kier alpha value is -1.32. The summed E-state index contributed by atoms with van der Waals surface area (Å²) in [6.07, 6.45) is 4.78. The third-order valence-corrected chi connectivity index (χ3v) is 2.80. The van der Waals surface area contributed by atoms with Gasteiger partial charge in [0.15, 0.2) is 0 Å². The van der Waals surface area contributed by atoms with Gasteiger partial charge in [0.05, 0.1) is 6.61 Å². The number of ether oxygens (including phenoxy) is 1. The Morgan fingerprint density at radius 3 is 3.06 bits per heavy atom. The summed E-state index contributed by atoms with van der Waals surface area (Å²) in [5, 5.41) is 0. The van der Waals surface area contributed by atoms with E-state index in [2.05, 4.69) is 11.9 Å². The minimum Gasteiger partial charge on any atom is -0.465 e. The largest absolute Gasteiger partial charge is 0.465 e. The average molecular weight is 224 g/mol. The molecule has 1 rings (SSSR count). The Morgan fingerprint density at radius 2 is 2.44 bits per heavy atom. The molecule has 1 fully saturated rings. The highest BCUT2D eigenvalue weighted by molar-refractivity contribution is 6.01. The maximum absolute atomic E-state index is 11.2. The van der Waals surface area contributed by atoms with Gasteiger partial charge in [-0.25, -0.2) is 0 Å². The number of esters is 1. The Bertz CT molecular complexity index is 308. The number of aliphatic imine (C=N–C) groups is 1. The van der Waals surface area contributed by atoms with Gasteiger partial charge in [-0.1, -0.05) is 6.92 Å². The predicted octanol–water partition coefficient (Wildman–Crippen LogP) is 1.65. The molecule has 1 saturated carbocycles. The average Bonchev–Trinajstić information content (AvgIpc) is 2.27. The topological polar surface area (TPSA) is 64.7 Å². The normalized spacial score (nSPS) is 26.0. The molecule has 90 valence electrons. The van der Waals surface area contributed by atoms with Crippen molar-refractivity contribution in [1.82, 2.24) is 0 Å². The molecule has 0 radical (unpaired) electrons. The molecule has 0 aromatic rings.